The molecule has 1 aliphatic rings. The van der Waals surface area contributed by atoms with Gasteiger partial charge in [0, 0.05) is 16.3 Å². The fourth-order valence-corrected chi connectivity index (χ4v) is 2.69. The molecule has 0 fully saturated rings. The third-order valence-electron chi connectivity index (χ3n) is 3.64. The number of fused-ring (bicyclic) bond motifs is 1. The lowest BCUT2D eigenvalue weighted by Crippen LogP contribution is -2.22. The number of halogens is 1. The number of aromatic nitrogens is 2. The Bertz CT molecular complexity index is 709. The van der Waals surface area contributed by atoms with Crippen LogP contribution in [-0.4, -0.2) is 9.97 Å². The molecule has 2 aromatic rings. The zero-order valence-corrected chi connectivity index (χ0v) is 12.0. The van der Waals surface area contributed by atoms with E-state index in [0.29, 0.717) is 11.0 Å². The number of aryl methyl sites for hydroxylation is 2. The number of hydrogen-bond acceptors (Lipinski definition) is 3. The Morgan fingerprint density at radius 1 is 1.30 bits per heavy atom. The summed E-state index contributed by atoms with van der Waals surface area (Å²) in [4.78, 5) is 19.4. The number of nitrogens with zero attached hydrogens (tertiary/aromatic N) is 1. The van der Waals surface area contributed by atoms with E-state index < -0.39 is 0 Å². The van der Waals surface area contributed by atoms with Crippen molar-refractivity contribution in [1.29, 1.82) is 0 Å². The maximum absolute atomic E-state index is 12.1. The Balaban J connectivity index is 1.97. The minimum atomic E-state index is -0.0307. The summed E-state index contributed by atoms with van der Waals surface area (Å²) in [6.07, 6.45) is 3.87. The second kappa shape index (κ2) is 5.29. The van der Waals surface area contributed by atoms with Gasteiger partial charge in [-0.05, 0) is 50.3 Å². The van der Waals surface area contributed by atoms with Crippen molar-refractivity contribution in [2.45, 2.75) is 32.6 Å². The molecule has 1 aromatic carbocycles. The molecule has 1 aromatic heterocycles. The highest BCUT2D eigenvalue weighted by Crippen LogP contribution is 2.23. The van der Waals surface area contributed by atoms with Crippen molar-refractivity contribution in [3.05, 3.63) is 50.4 Å². The van der Waals surface area contributed by atoms with Gasteiger partial charge in [-0.15, -0.1) is 0 Å². The topological polar surface area (TPSA) is 57.8 Å². The van der Waals surface area contributed by atoms with Gasteiger partial charge in [-0.3, -0.25) is 9.78 Å². The maximum atomic E-state index is 12.1. The van der Waals surface area contributed by atoms with Crippen LogP contribution in [0.5, 0.6) is 0 Å². The van der Waals surface area contributed by atoms with Crippen LogP contribution in [0.3, 0.4) is 0 Å². The number of aromatic amines is 1. The number of rotatable bonds is 2. The molecular weight excluding hydrogens is 274 g/mol. The van der Waals surface area contributed by atoms with Crippen molar-refractivity contribution in [3.63, 3.8) is 0 Å². The molecule has 104 valence electrons. The molecule has 0 aliphatic heterocycles. The van der Waals surface area contributed by atoms with Crippen LogP contribution < -0.4 is 10.9 Å². The highest BCUT2D eigenvalue weighted by Gasteiger charge is 2.15. The average molecular weight is 290 g/mol. The summed E-state index contributed by atoms with van der Waals surface area (Å²) < 4.78 is 0. The van der Waals surface area contributed by atoms with Crippen LogP contribution >= 0.6 is 11.6 Å². The van der Waals surface area contributed by atoms with Crippen LogP contribution in [0.4, 0.5) is 11.6 Å². The van der Waals surface area contributed by atoms with Crippen molar-refractivity contribution in [2.75, 3.05) is 5.32 Å². The summed E-state index contributed by atoms with van der Waals surface area (Å²) in [5.74, 6) is 0.487. The van der Waals surface area contributed by atoms with E-state index in [1.54, 1.807) is 0 Å². The number of benzene rings is 1. The molecule has 2 N–H and O–H groups in total. The van der Waals surface area contributed by atoms with E-state index in [-0.39, 0.29) is 5.56 Å². The molecule has 4 nitrogen and oxygen atoms in total. The summed E-state index contributed by atoms with van der Waals surface area (Å²) in [5, 5.41) is 3.80. The maximum Gasteiger partial charge on any atom is 0.255 e. The van der Waals surface area contributed by atoms with Gasteiger partial charge < -0.3 is 5.32 Å². The highest BCUT2D eigenvalue weighted by molar-refractivity contribution is 6.30. The van der Waals surface area contributed by atoms with Gasteiger partial charge in [0.25, 0.3) is 5.56 Å². The molecule has 0 bridgehead atoms. The van der Waals surface area contributed by atoms with Crippen LogP contribution in [0.25, 0.3) is 0 Å². The van der Waals surface area contributed by atoms with Gasteiger partial charge in [-0.1, -0.05) is 17.7 Å². The minimum absolute atomic E-state index is 0.0307. The monoisotopic (exact) mass is 289 g/mol. The van der Waals surface area contributed by atoms with Crippen LogP contribution in [0.2, 0.25) is 5.02 Å². The zero-order chi connectivity index (χ0) is 14.1. The van der Waals surface area contributed by atoms with Crippen LogP contribution in [0.15, 0.2) is 23.0 Å². The van der Waals surface area contributed by atoms with Crippen LogP contribution in [0, 0.1) is 6.92 Å². The Morgan fingerprint density at radius 2 is 2.10 bits per heavy atom. The molecule has 5 heteroatoms. The molecule has 0 spiro atoms. The first-order valence-electron chi connectivity index (χ1n) is 6.79. The standard InChI is InChI=1S/C15H16ClN3O/c1-9-6-7-10(16)8-13(9)18-15-17-12-5-3-2-4-11(12)14(20)19-15/h6-8H,2-5H2,1H3,(H2,17,18,19,20). The lowest BCUT2D eigenvalue weighted by Gasteiger charge is -2.15. The van der Waals surface area contributed by atoms with Crippen molar-refractivity contribution < 1.29 is 0 Å². The molecule has 0 radical (unpaired) electrons. The van der Waals surface area contributed by atoms with Crippen molar-refractivity contribution in [2.24, 2.45) is 0 Å². The van der Waals surface area contributed by atoms with Gasteiger partial charge in [0.15, 0.2) is 0 Å². The predicted molar refractivity (Wildman–Crippen MR) is 81.0 cm³/mol. The molecule has 1 heterocycles. The van der Waals surface area contributed by atoms with E-state index in [0.717, 1.165) is 48.2 Å². The summed E-state index contributed by atoms with van der Waals surface area (Å²) in [5.41, 5.74) is 3.63. The van der Waals surface area contributed by atoms with Gasteiger partial charge in [0.2, 0.25) is 5.95 Å². The first-order chi connectivity index (χ1) is 9.63. The average Bonchev–Trinajstić information content (AvgIpc) is 2.43. The Kier molecular flexibility index (Phi) is 3.49. The molecule has 1 aliphatic carbocycles. The summed E-state index contributed by atoms with van der Waals surface area (Å²) in [6, 6.07) is 5.60. The van der Waals surface area contributed by atoms with Gasteiger partial charge in [-0.25, -0.2) is 4.98 Å². The molecule has 3 rings (SSSR count). The molecule has 0 saturated heterocycles. The second-order valence-corrected chi connectivity index (χ2v) is 5.57. The Morgan fingerprint density at radius 3 is 2.95 bits per heavy atom. The Labute approximate surface area is 122 Å². The number of hydrogen-bond donors (Lipinski definition) is 2. The van der Waals surface area contributed by atoms with Crippen LogP contribution in [-0.2, 0) is 12.8 Å². The molecule has 0 saturated carbocycles. The van der Waals surface area contributed by atoms with E-state index >= 15 is 0 Å². The normalized spacial score (nSPS) is 13.9. The number of H-pyrrole nitrogens is 1. The third-order valence-corrected chi connectivity index (χ3v) is 3.88. The second-order valence-electron chi connectivity index (χ2n) is 5.13. The summed E-state index contributed by atoms with van der Waals surface area (Å²) in [6.45, 7) is 1.98. The first kappa shape index (κ1) is 13.2. The third kappa shape index (κ3) is 2.56. The van der Waals surface area contributed by atoms with Gasteiger partial charge >= 0.3 is 0 Å². The van der Waals surface area contributed by atoms with E-state index in [9.17, 15) is 4.79 Å². The molecule has 20 heavy (non-hydrogen) atoms. The smallest absolute Gasteiger partial charge is 0.255 e. The van der Waals surface area contributed by atoms with Crippen molar-refractivity contribution in [3.8, 4) is 0 Å². The predicted octanol–water partition coefficient (Wildman–Crippen LogP) is 3.35. The number of anilines is 2. The number of nitrogens with one attached hydrogen (secondary N) is 2. The SMILES string of the molecule is Cc1ccc(Cl)cc1Nc1nc2c(c(=O)[nH]1)CCCC2. The van der Waals surface area contributed by atoms with Gasteiger partial charge in [0.05, 0.1) is 5.69 Å². The van der Waals surface area contributed by atoms with E-state index in [1.807, 2.05) is 25.1 Å². The lowest BCUT2D eigenvalue weighted by atomic mass is 9.97. The van der Waals surface area contributed by atoms with E-state index in [4.69, 9.17) is 11.6 Å². The van der Waals surface area contributed by atoms with Crippen LogP contribution in [0.1, 0.15) is 29.7 Å². The fraction of sp³-hybridized carbons (Fsp3) is 0.333. The van der Waals surface area contributed by atoms with E-state index in [2.05, 4.69) is 15.3 Å². The fourth-order valence-electron chi connectivity index (χ4n) is 2.52. The lowest BCUT2D eigenvalue weighted by molar-refractivity contribution is 0.658. The minimum Gasteiger partial charge on any atom is -0.325 e. The first-order valence-corrected chi connectivity index (χ1v) is 7.16. The Hall–Kier alpha value is -1.81. The van der Waals surface area contributed by atoms with Gasteiger partial charge in [-0.2, -0.15) is 0 Å². The quantitative estimate of drug-likeness (QED) is 0.891. The summed E-state index contributed by atoms with van der Waals surface area (Å²) >= 11 is 6.00. The molecule has 0 unspecified atom stereocenters. The molecule has 0 atom stereocenters. The molecular formula is C15H16ClN3O. The van der Waals surface area contributed by atoms with Crippen molar-refractivity contribution in [1.82, 2.24) is 9.97 Å². The highest BCUT2D eigenvalue weighted by atomic mass is 35.5. The van der Waals surface area contributed by atoms with Gasteiger partial charge in [0.1, 0.15) is 0 Å². The molecule has 0 amide bonds. The largest absolute Gasteiger partial charge is 0.325 e. The zero-order valence-electron chi connectivity index (χ0n) is 11.3. The van der Waals surface area contributed by atoms with Crippen molar-refractivity contribution >= 4 is 23.2 Å². The van der Waals surface area contributed by atoms with E-state index in [1.165, 1.54) is 0 Å². The summed E-state index contributed by atoms with van der Waals surface area (Å²) in [7, 11) is 0.